The van der Waals surface area contributed by atoms with Gasteiger partial charge in [-0.05, 0) is 53.2 Å². The third-order valence-electron chi connectivity index (χ3n) is 3.46. The first-order chi connectivity index (χ1) is 12.3. The van der Waals surface area contributed by atoms with E-state index in [0.717, 1.165) is 6.42 Å². The molecule has 0 heterocycles. The second-order valence-corrected chi connectivity index (χ2v) is 6.54. The van der Waals surface area contributed by atoms with Crippen molar-refractivity contribution in [3.8, 4) is 11.5 Å². The van der Waals surface area contributed by atoms with Gasteiger partial charge < -0.3 is 19.1 Å². The number of nitrogens with zero attached hydrogens (tertiary/aromatic N) is 1. The Morgan fingerprint density at radius 2 is 1.62 bits per heavy atom. The Balaban J connectivity index is 3.08. The van der Waals surface area contributed by atoms with Gasteiger partial charge in [0.2, 0.25) is 0 Å². The molecule has 0 unspecified atom stereocenters. The van der Waals surface area contributed by atoms with E-state index in [-0.39, 0.29) is 24.6 Å². The van der Waals surface area contributed by atoms with E-state index in [4.69, 9.17) is 14.2 Å². The summed E-state index contributed by atoms with van der Waals surface area (Å²) < 4.78 is 16.4. The van der Waals surface area contributed by atoms with Gasteiger partial charge in [0.05, 0.1) is 19.3 Å². The van der Waals surface area contributed by atoms with Crippen LogP contribution in [-0.2, 0) is 9.53 Å². The summed E-state index contributed by atoms with van der Waals surface area (Å²) in [7, 11) is 0. The Bertz CT molecular complexity index is 598. The summed E-state index contributed by atoms with van der Waals surface area (Å²) in [5, 5.41) is 0. The smallest absolute Gasteiger partial charge is 0.325 e. The Hall–Kier alpha value is -2.24. The molecule has 0 spiro atoms. The second kappa shape index (κ2) is 10.7. The van der Waals surface area contributed by atoms with Gasteiger partial charge in [0.1, 0.15) is 18.0 Å². The van der Waals surface area contributed by atoms with Crippen LogP contribution in [0.5, 0.6) is 11.5 Å². The molecule has 0 fully saturated rings. The molecular weight excluding hydrogens is 334 g/mol. The van der Waals surface area contributed by atoms with Crippen molar-refractivity contribution in [3.05, 3.63) is 23.8 Å². The molecule has 0 saturated carbocycles. The van der Waals surface area contributed by atoms with Crippen LogP contribution in [-0.4, -0.2) is 48.7 Å². The normalized spacial score (nSPS) is 10.8. The molecule has 0 N–H and O–H groups in total. The van der Waals surface area contributed by atoms with E-state index in [0.29, 0.717) is 30.3 Å². The topological polar surface area (TPSA) is 65.1 Å². The van der Waals surface area contributed by atoms with Crippen molar-refractivity contribution in [2.75, 3.05) is 19.8 Å². The van der Waals surface area contributed by atoms with Gasteiger partial charge in [-0.3, -0.25) is 9.59 Å². The first kappa shape index (κ1) is 21.8. The van der Waals surface area contributed by atoms with Gasteiger partial charge in [-0.15, -0.1) is 0 Å². The molecule has 0 aromatic heterocycles. The highest BCUT2D eigenvalue weighted by atomic mass is 16.5. The van der Waals surface area contributed by atoms with E-state index in [1.807, 2.05) is 27.7 Å². The van der Waals surface area contributed by atoms with E-state index < -0.39 is 5.97 Å². The molecular formula is C20H31NO5. The fraction of sp³-hybridized carbons (Fsp3) is 0.600. The summed E-state index contributed by atoms with van der Waals surface area (Å²) in [4.78, 5) is 26.5. The van der Waals surface area contributed by atoms with Crippen LogP contribution < -0.4 is 9.47 Å². The van der Waals surface area contributed by atoms with Gasteiger partial charge in [-0.1, -0.05) is 6.92 Å². The highest BCUT2D eigenvalue weighted by Gasteiger charge is 2.24. The standard InChI is InChI=1S/C20H31NO5/c1-7-9-25-18-11-16(10-17(12-18)24-8-2)20(23)21(14(3)4)13-19(22)26-15(5)6/h10-12,14-15H,7-9,13H2,1-6H3. The Kier molecular flexibility index (Phi) is 8.96. The maximum absolute atomic E-state index is 13.0. The first-order valence-electron chi connectivity index (χ1n) is 9.19. The number of rotatable bonds is 10. The zero-order valence-corrected chi connectivity index (χ0v) is 16.7. The van der Waals surface area contributed by atoms with Crippen LogP contribution in [0.2, 0.25) is 0 Å². The number of carbonyl (C=O) groups is 2. The van der Waals surface area contributed by atoms with Crippen LogP contribution in [0.4, 0.5) is 0 Å². The van der Waals surface area contributed by atoms with Crippen LogP contribution in [0.1, 0.15) is 58.3 Å². The summed E-state index contributed by atoms with van der Waals surface area (Å²) in [6.45, 7) is 12.1. The van der Waals surface area contributed by atoms with Gasteiger partial charge >= 0.3 is 5.97 Å². The lowest BCUT2D eigenvalue weighted by Gasteiger charge is -2.26. The van der Waals surface area contributed by atoms with Crippen LogP contribution in [0.15, 0.2) is 18.2 Å². The maximum atomic E-state index is 13.0. The van der Waals surface area contributed by atoms with Crippen molar-refractivity contribution in [3.63, 3.8) is 0 Å². The fourth-order valence-corrected chi connectivity index (χ4v) is 2.34. The van der Waals surface area contributed by atoms with Gasteiger partial charge in [0.15, 0.2) is 0 Å². The minimum atomic E-state index is -0.425. The summed E-state index contributed by atoms with van der Waals surface area (Å²) in [6.07, 6.45) is 0.642. The summed E-state index contributed by atoms with van der Waals surface area (Å²) in [5.74, 6) is 0.460. The number of esters is 1. The molecule has 0 atom stereocenters. The van der Waals surface area contributed by atoms with Gasteiger partial charge in [-0.2, -0.15) is 0 Å². The van der Waals surface area contributed by atoms with Crippen molar-refractivity contribution in [2.24, 2.45) is 0 Å². The van der Waals surface area contributed by atoms with E-state index in [1.165, 1.54) is 4.90 Å². The van der Waals surface area contributed by atoms with Crippen LogP contribution >= 0.6 is 0 Å². The Morgan fingerprint density at radius 3 is 2.12 bits per heavy atom. The Morgan fingerprint density at radius 1 is 1.00 bits per heavy atom. The Labute approximate surface area is 156 Å². The molecule has 0 aliphatic rings. The number of hydrogen-bond donors (Lipinski definition) is 0. The van der Waals surface area contributed by atoms with Crippen molar-refractivity contribution in [2.45, 2.75) is 60.1 Å². The fourth-order valence-electron chi connectivity index (χ4n) is 2.34. The van der Waals surface area contributed by atoms with E-state index >= 15 is 0 Å². The molecule has 1 rings (SSSR count). The monoisotopic (exact) mass is 365 g/mol. The van der Waals surface area contributed by atoms with Crippen molar-refractivity contribution < 1.29 is 23.8 Å². The largest absolute Gasteiger partial charge is 0.494 e. The average Bonchev–Trinajstić information content (AvgIpc) is 2.56. The third-order valence-corrected chi connectivity index (χ3v) is 3.46. The number of amides is 1. The SMILES string of the molecule is CCCOc1cc(OCC)cc(C(=O)N(CC(=O)OC(C)C)C(C)C)c1. The summed E-state index contributed by atoms with van der Waals surface area (Å²) >= 11 is 0. The lowest BCUT2D eigenvalue weighted by Crippen LogP contribution is -2.41. The predicted molar refractivity (Wildman–Crippen MR) is 101 cm³/mol. The maximum Gasteiger partial charge on any atom is 0.325 e. The molecule has 6 heteroatoms. The molecule has 0 aliphatic carbocycles. The number of ether oxygens (including phenoxy) is 3. The van der Waals surface area contributed by atoms with Crippen LogP contribution in [0, 0.1) is 0 Å². The second-order valence-electron chi connectivity index (χ2n) is 6.54. The molecule has 1 aromatic carbocycles. The lowest BCUT2D eigenvalue weighted by atomic mass is 10.1. The highest BCUT2D eigenvalue weighted by Crippen LogP contribution is 2.25. The van der Waals surface area contributed by atoms with Crippen molar-refractivity contribution in [1.29, 1.82) is 0 Å². The minimum Gasteiger partial charge on any atom is -0.494 e. The zero-order chi connectivity index (χ0) is 19.7. The van der Waals surface area contributed by atoms with E-state index in [1.54, 1.807) is 32.0 Å². The van der Waals surface area contributed by atoms with Gasteiger partial charge in [-0.25, -0.2) is 0 Å². The quantitative estimate of drug-likeness (QED) is 0.592. The van der Waals surface area contributed by atoms with Gasteiger partial charge in [0, 0.05) is 17.7 Å². The zero-order valence-electron chi connectivity index (χ0n) is 16.7. The molecule has 146 valence electrons. The lowest BCUT2D eigenvalue weighted by molar-refractivity contribution is -0.148. The van der Waals surface area contributed by atoms with E-state index in [9.17, 15) is 9.59 Å². The molecule has 1 amide bonds. The third kappa shape index (κ3) is 6.94. The molecule has 0 radical (unpaired) electrons. The number of hydrogen-bond acceptors (Lipinski definition) is 5. The van der Waals surface area contributed by atoms with Crippen LogP contribution in [0.25, 0.3) is 0 Å². The molecule has 26 heavy (non-hydrogen) atoms. The summed E-state index contributed by atoms with van der Waals surface area (Å²) in [6, 6.07) is 4.97. The average molecular weight is 365 g/mol. The molecule has 1 aromatic rings. The number of benzene rings is 1. The molecule has 0 saturated heterocycles. The minimum absolute atomic E-state index is 0.0985. The molecule has 6 nitrogen and oxygen atoms in total. The highest BCUT2D eigenvalue weighted by molar-refractivity contribution is 5.97. The summed E-state index contributed by atoms with van der Waals surface area (Å²) in [5.41, 5.74) is 0.424. The van der Waals surface area contributed by atoms with E-state index in [2.05, 4.69) is 0 Å². The number of carbonyl (C=O) groups excluding carboxylic acids is 2. The predicted octanol–water partition coefficient (Wildman–Crippen LogP) is 3.68. The molecule has 0 bridgehead atoms. The van der Waals surface area contributed by atoms with Gasteiger partial charge in [0.25, 0.3) is 5.91 Å². The first-order valence-corrected chi connectivity index (χ1v) is 9.19. The van der Waals surface area contributed by atoms with Crippen LogP contribution in [0.3, 0.4) is 0 Å². The van der Waals surface area contributed by atoms with Crippen molar-refractivity contribution >= 4 is 11.9 Å². The van der Waals surface area contributed by atoms with Crippen molar-refractivity contribution in [1.82, 2.24) is 4.90 Å². The molecule has 0 aliphatic heterocycles.